The fraction of sp³-hybridized carbons (Fsp3) is 0.421. The first-order valence-electron chi connectivity index (χ1n) is 8.57. The van der Waals surface area contributed by atoms with Crippen molar-refractivity contribution >= 4 is 11.9 Å². The maximum absolute atomic E-state index is 12.8. The quantitative estimate of drug-likeness (QED) is 0.907. The summed E-state index contributed by atoms with van der Waals surface area (Å²) in [6.07, 6.45) is 1.62. The molecule has 3 rings (SSSR count). The van der Waals surface area contributed by atoms with Crippen LogP contribution >= 0.6 is 0 Å². The molecule has 0 radical (unpaired) electrons. The van der Waals surface area contributed by atoms with Crippen molar-refractivity contribution in [1.82, 2.24) is 14.7 Å². The van der Waals surface area contributed by atoms with Gasteiger partial charge in [0, 0.05) is 23.8 Å². The summed E-state index contributed by atoms with van der Waals surface area (Å²) in [6.45, 7) is 5.20. The van der Waals surface area contributed by atoms with E-state index in [4.69, 9.17) is 5.11 Å². The minimum atomic E-state index is -0.858. The number of carbonyl (C=O) groups excluding carboxylic acids is 1. The number of carbonyl (C=O) groups is 2. The van der Waals surface area contributed by atoms with Crippen LogP contribution in [0.4, 0.5) is 0 Å². The molecule has 6 nitrogen and oxygen atoms in total. The molecule has 1 N–H and O–H groups in total. The highest BCUT2D eigenvalue weighted by Crippen LogP contribution is 2.23. The molecule has 2 heterocycles. The van der Waals surface area contributed by atoms with Crippen LogP contribution in [0.5, 0.6) is 0 Å². The monoisotopic (exact) mass is 341 g/mol. The van der Waals surface area contributed by atoms with Gasteiger partial charge in [-0.2, -0.15) is 5.10 Å². The third-order valence-corrected chi connectivity index (χ3v) is 4.66. The average Bonchev–Trinajstić information content (AvgIpc) is 3.13. The molecule has 0 aliphatic carbocycles. The summed E-state index contributed by atoms with van der Waals surface area (Å²) in [5.41, 5.74) is 3.66. The molecule has 1 saturated heterocycles. The van der Waals surface area contributed by atoms with Crippen LogP contribution in [0.2, 0.25) is 0 Å². The Morgan fingerprint density at radius 3 is 2.76 bits per heavy atom. The van der Waals surface area contributed by atoms with E-state index >= 15 is 0 Å². The van der Waals surface area contributed by atoms with E-state index < -0.39 is 5.97 Å². The Bertz CT molecular complexity index is 797. The fourth-order valence-electron chi connectivity index (χ4n) is 3.49. The normalized spacial score (nSPS) is 17.0. The number of carboxylic acid groups (broad SMARTS) is 1. The lowest BCUT2D eigenvalue weighted by atomic mass is 10.1. The Balaban J connectivity index is 1.77. The van der Waals surface area contributed by atoms with Crippen molar-refractivity contribution in [2.45, 2.75) is 45.7 Å². The number of aliphatic carboxylic acids is 1. The maximum atomic E-state index is 12.8. The van der Waals surface area contributed by atoms with Gasteiger partial charge in [-0.25, -0.2) is 0 Å². The lowest BCUT2D eigenvalue weighted by molar-refractivity contribution is -0.137. The van der Waals surface area contributed by atoms with Gasteiger partial charge in [-0.05, 0) is 50.5 Å². The fourth-order valence-corrected chi connectivity index (χ4v) is 3.49. The number of aryl methyl sites for hydroxylation is 2. The van der Waals surface area contributed by atoms with E-state index in [1.807, 2.05) is 42.8 Å². The van der Waals surface area contributed by atoms with Crippen molar-refractivity contribution in [3.63, 3.8) is 0 Å². The second-order valence-corrected chi connectivity index (χ2v) is 6.68. The highest BCUT2D eigenvalue weighted by Gasteiger charge is 2.30. The van der Waals surface area contributed by atoms with E-state index in [2.05, 4.69) is 5.10 Å². The van der Waals surface area contributed by atoms with Crippen molar-refractivity contribution in [3.05, 3.63) is 52.8 Å². The van der Waals surface area contributed by atoms with Crippen LogP contribution in [0, 0.1) is 13.8 Å². The number of likely N-dealkylation sites (tertiary alicyclic amines) is 1. The minimum Gasteiger partial charge on any atom is -0.481 e. The van der Waals surface area contributed by atoms with E-state index in [0.29, 0.717) is 18.7 Å². The van der Waals surface area contributed by atoms with Crippen molar-refractivity contribution in [1.29, 1.82) is 0 Å². The van der Waals surface area contributed by atoms with Crippen molar-refractivity contribution in [2.75, 3.05) is 6.54 Å². The van der Waals surface area contributed by atoms with Gasteiger partial charge < -0.3 is 10.0 Å². The summed E-state index contributed by atoms with van der Waals surface area (Å²) < 4.78 is 1.92. The number of hydrogen-bond donors (Lipinski definition) is 1. The van der Waals surface area contributed by atoms with E-state index in [0.717, 1.165) is 29.8 Å². The number of rotatable bonds is 5. The molecular formula is C19H23N3O3. The van der Waals surface area contributed by atoms with Crippen LogP contribution < -0.4 is 0 Å². The van der Waals surface area contributed by atoms with Crippen LogP contribution in [-0.2, 0) is 11.3 Å². The van der Waals surface area contributed by atoms with Gasteiger partial charge in [0.2, 0.25) is 0 Å². The Hall–Kier alpha value is -2.63. The lowest BCUT2D eigenvalue weighted by Gasteiger charge is -2.23. The molecule has 2 aromatic rings. The number of aromatic nitrogens is 2. The molecule has 1 atom stereocenters. The van der Waals surface area contributed by atoms with Crippen LogP contribution in [0.25, 0.3) is 0 Å². The van der Waals surface area contributed by atoms with Crippen LogP contribution in [-0.4, -0.2) is 44.3 Å². The van der Waals surface area contributed by atoms with Gasteiger partial charge in [0.15, 0.2) is 0 Å². The Kier molecular flexibility index (Phi) is 4.88. The molecule has 1 unspecified atom stereocenters. The van der Waals surface area contributed by atoms with Crippen molar-refractivity contribution in [2.24, 2.45) is 0 Å². The van der Waals surface area contributed by atoms with Gasteiger partial charge in [-0.15, -0.1) is 0 Å². The zero-order chi connectivity index (χ0) is 18.0. The molecule has 0 bridgehead atoms. The number of amides is 1. The number of hydrogen-bond acceptors (Lipinski definition) is 3. The molecule has 25 heavy (non-hydrogen) atoms. The third-order valence-electron chi connectivity index (χ3n) is 4.66. The number of nitrogens with zero attached hydrogens (tertiary/aromatic N) is 3. The molecule has 1 aromatic heterocycles. The molecule has 1 aliphatic rings. The molecule has 1 fully saturated rings. The van der Waals surface area contributed by atoms with Gasteiger partial charge in [0.05, 0.1) is 18.7 Å². The Labute approximate surface area is 147 Å². The summed E-state index contributed by atoms with van der Waals surface area (Å²) in [6, 6.07) is 9.35. The molecular weight excluding hydrogens is 318 g/mol. The Morgan fingerprint density at radius 1 is 1.28 bits per heavy atom. The van der Waals surface area contributed by atoms with E-state index in [9.17, 15) is 9.59 Å². The first-order valence-corrected chi connectivity index (χ1v) is 8.57. The highest BCUT2D eigenvalue weighted by atomic mass is 16.4. The standard InChI is InChI=1S/C19H23N3O3/c1-13-9-14(2)22(20-13)12-15-5-3-6-16(10-15)19(25)21-8-4-7-17(21)11-18(23)24/h3,5-6,9-10,17H,4,7-8,11-12H2,1-2H3,(H,23,24). The molecule has 1 aromatic carbocycles. The summed E-state index contributed by atoms with van der Waals surface area (Å²) in [7, 11) is 0. The molecule has 1 aliphatic heterocycles. The molecule has 6 heteroatoms. The first-order chi connectivity index (χ1) is 11.9. The summed E-state index contributed by atoms with van der Waals surface area (Å²) in [4.78, 5) is 25.5. The maximum Gasteiger partial charge on any atom is 0.305 e. The zero-order valence-electron chi connectivity index (χ0n) is 14.6. The van der Waals surface area contributed by atoms with Crippen molar-refractivity contribution < 1.29 is 14.7 Å². The average molecular weight is 341 g/mol. The van der Waals surface area contributed by atoms with Gasteiger partial charge >= 0.3 is 5.97 Å². The van der Waals surface area contributed by atoms with Crippen molar-refractivity contribution in [3.8, 4) is 0 Å². The van der Waals surface area contributed by atoms with Crippen LogP contribution in [0.3, 0.4) is 0 Å². The van der Waals surface area contributed by atoms with E-state index in [1.54, 1.807) is 11.0 Å². The molecule has 0 saturated carbocycles. The number of benzene rings is 1. The largest absolute Gasteiger partial charge is 0.481 e. The first kappa shape index (κ1) is 17.2. The highest BCUT2D eigenvalue weighted by molar-refractivity contribution is 5.95. The van der Waals surface area contributed by atoms with E-state index in [1.165, 1.54) is 0 Å². The number of carboxylic acids is 1. The summed E-state index contributed by atoms with van der Waals surface area (Å²) in [5.74, 6) is -0.943. The van der Waals surface area contributed by atoms with E-state index in [-0.39, 0.29) is 18.4 Å². The second-order valence-electron chi connectivity index (χ2n) is 6.68. The molecule has 0 spiro atoms. The third kappa shape index (κ3) is 3.90. The molecule has 132 valence electrons. The van der Waals surface area contributed by atoms with Gasteiger partial charge in [-0.3, -0.25) is 14.3 Å². The van der Waals surface area contributed by atoms with Gasteiger partial charge in [0.25, 0.3) is 5.91 Å². The second kappa shape index (κ2) is 7.09. The predicted molar refractivity (Wildman–Crippen MR) is 93.6 cm³/mol. The molecule has 1 amide bonds. The van der Waals surface area contributed by atoms with Gasteiger partial charge in [-0.1, -0.05) is 12.1 Å². The summed E-state index contributed by atoms with van der Waals surface area (Å²) >= 11 is 0. The topological polar surface area (TPSA) is 75.4 Å². The smallest absolute Gasteiger partial charge is 0.305 e. The Morgan fingerprint density at radius 2 is 2.08 bits per heavy atom. The minimum absolute atomic E-state index is 0.0111. The van der Waals surface area contributed by atoms with Crippen LogP contribution in [0.1, 0.15) is 46.6 Å². The summed E-state index contributed by atoms with van der Waals surface area (Å²) in [5, 5.41) is 13.5. The van der Waals surface area contributed by atoms with Crippen LogP contribution in [0.15, 0.2) is 30.3 Å². The predicted octanol–water partition coefficient (Wildman–Crippen LogP) is 2.63. The SMILES string of the molecule is Cc1cc(C)n(Cc2cccc(C(=O)N3CCCC3CC(=O)O)c2)n1. The lowest BCUT2D eigenvalue weighted by Crippen LogP contribution is -2.36. The van der Waals surface area contributed by atoms with Gasteiger partial charge in [0.1, 0.15) is 0 Å². The zero-order valence-corrected chi connectivity index (χ0v) is 14.6.